The minimum atomic E-state index is -0.460. The number of piperazine rings is 1. The Morgan fingerprint density at radius 3 is 2.52 bits per heavy atom. The zero-order valence-electron chi connectivity index (χ0n) is 15.5. The second-order valence-electron chi connectivity index (χ2n) is 6.22. The van der Waals surface area contributed by atoms with Crippen molar-refractivity contribution in [3.63, 3.8) is 0 Å². The monoisotopic (exact) mass is 369 g/mol. The average molecular weight is 369 g/mol. The van der Waals surface area contributed by atoms with E-state index in [0.29, 0.717) is 11.3 Å². The number of carbonyl (C=O) groups excluding carboxylic acids is 2. The van der Waals surface area contributed by atoms with Crippen molar-refractivity contribution in [3.8, 4) is 0 Å². The molecule has 8 heteroatoms. The van der Waals surface area contributed by atoms with Crippen molar-refractivity contribution in [2.45, 2.75) is 6.92 Å². The second-order valence-corrected chi connectivity index (χ2v) is 6.22. The molecule has 0 unspecified atom stereocenters. The predicted octanol–water partition coefficient (Wildman–Crippen LogP) is 1.66. The molecule has 1 fully saturated rings. The molecule has 0 saturated carbocycles. The van der Waals surface area contributed by atoms with Crippen molar-refractivity contribution >= 4 is 23.4 Å². The van der Waals surface area contributed by atoms with Crippen LogP contribution in [0.5, 0.6) is 0 Å². The maximum absolute atomic E-state index is 12.4. The second kappa shape index (κ2) is 8.59. The Hall–Kier alpha value is -3.00. The number of aromatic nitrogens is 2. The lowest BCUT2D eigenvalue weighted by Crippen LogP contribution is -2.46. The third kappa shape index (κ3) is 4.59. The van der Waals surface area contributed by atoms with Gasteiger partial charge in [-0.1, -0.05) is 13.0 Å². The van der Waals surface area contributed by atoms with Crippen LogP contribution >= 0.6 is 0 Å². The first-order valence-electron chi connectivity index (χ1n) is 8.91. The fourth-order valence-electron chi connectivity index (χ4n) is 2.95. The number of rotatable bonds is 5. The standard InChI is InChI=1S/C19H23N5O3/c1-3-23-9-11-24(12-10-23)17-8-7-16(21-22-17)18(25)20-15-6-4-5-14(13-15)19(26)27-2/h4-8,13H,3,9-12H2,1-2H3,(H,20,25). The van der Waals surface area contributed by atoms with E-state index in [1.54, 1.807) is 30.3 Å². The zero-order chi connectivity index (χ0) is 19.2. The van der Waals surface area contributed by atoms with Crippen LogP contribution in [0.2, 0.25) is 0 Å². The number of carbonyl (C=O) groups is 2. The summed E-state index contributed by atoms with van der Waals surface area (Å²) in [7, 11) is 1.31. The van der Waals surface area contributed by atoms with Gasteiger partial charge in [0.1, 0.15) is 0 Å². The van der Waals surface area contributed by atoms with Crippen LogP contribution in [0, 0.1) is 0 Å². The number of benzene rings is 1. The Kier molecular flexibility index (Phi) is 5.97. The number of likely N-dealkylation sites (N-methyl/N-ethyl adjacent to an activating group) is 1. The molecule has 1 amide bonds. The molecular formula is C19H23N5O3. The fourth-order valence-corrected chi connectivity index (χ4v) is 2.95. The van der Waals surface area contributed by atoms with E-state index in [0.717, 1.165) is 38.5 Å². The largest absolute Gasteiger partial charge is 0.465 e. The quantitative estimate of drug-likeness (QED) is 0.802. The molecule has 1 aromatic carbocycles. The normalized spacial score (nSPS) is 14.7. The lowest BCUT2D eigenvalue weighted by atomic mass is 10.2. The van der Waals surface area contributed by atoms with Gasteiger partial charge in [-0.15, -0.1) is 10.2 Å². The van der Waals surface area contributed by atoms with Crippen LogP contribution in [0.1, 0.15) is 27.8 Å². The smallest absolute Gasteiger partial charge is 0.337 e. The molecule has 1 saturated heterocycles. The third-order valence-corrected chi connectivity index (χ3v) is 4.57. The predicted molar refractivity (Wildman–Crippen MR) is 102 cm³/mol. The highest BCUT2D eigenvalue weighted by molar-refractivity contribution is 6.03. The van der Waals surface area contributed by atoms with Gasteiger partial charge in [0.25, 0.3) is 5.91 Å². The summed E-state index contributed by atoms with van der Waals surface area (Å²) < 4.78 is 4.68. The molecule has 27 heavy (non-hydrogen) atoms. The zero-order valence-corrected chi connectivity index (χ0v) is 15.5. The highest BCUT2D eigenvalue weighted by Gasteiger charge is 2.18. The molecule has 1 N–H and O–H groups in total. The van der Waals surface area contributed by atoms with Crippen molar-refractivity contribution in [3.05, 3.63) is 47.7 Å². The maximum Gasteiger partial charge on any atom is 0.337 e. The van der Waals surface area contributed by atoms with Crippen molar-refractivity contribution in [2.24, 2.45) is 0 Å². The van der Waals surface area contributed by atoms with E-state index in [1.807, 2.05) is 6.07 Å². The van der Waals surface area contributed by atoms with Gasteiger partial charge >= 0.3 is 5.97 Å². The molecule has 0 atom stereocenters. The van der Waals surface area contributed by atoms with E-state index in [4.69, 9.17) is 0 Å². The van der Waals surface area contributed by atoms with Gasteiger partial charge in [0.2, 0.25) is 0 Å². The van der Waals surface area contributed by atoms with Crippen LogP contribution in [0.15, 0.2) is 36.4 Å². The molecular weight excluding hydrogens is 346 g/mol. The van der Waals surface area contributed by atoms with E-state index in [9.17, 15) is 9.59 Å². The van der Waals surface area contributed by atoms with Crippen LogP contribution in [-0.4, -0.2) is 66.8 Å². The number of hydrogen-bond donors (Lipinski definition) is 1. The number of amides is 1. The highest BCUT2D eigenvalue weighted by Crippen LogP contribution is 2.15. The maximum atomic E-state index is 12.4. The first-order valence-corrected chi connectivity index (χ1v) is 8.91. The lowest BCUT2D eigenvalue weighted by Gasteiger charge is -2.34. The summed E-state index contributed by atoms with van der Waals surface area (Å²) in [4.78, 5) is 28.5. The van der Waals surface area contributed by atoms with Crippen LogP contribution in [0.3, 0.4) is 0 Å². The number of anilines is 2. The Morgan fingerprint density at radius 2 is 1.89 bits per heavy atom. The van der Waals surface area contributed by atoms with Crippen molar-refractivity contribution in [1.29, 1.82) is 0 Å². The van der Waals surface area contributed by atoms with Crippen LogP contribution in [0.25, 0.3) is 0 Å². The number of hydrogen-bond acceptors (Lipinski definition) is 7. The average Bonchev–Trinajstić information content (AvgIpc) is 2.73. The Labute approximate surface area is 158 Å². The van der Waals surface area contributed by atoms with Crippen LogP contribution in [-0.2, 0) is 4.74 Å². The first-order chi connectivity index (χ1) is 13.1. The summed E-state index contributed by atoms with van der Waals surface area (Å²) in [6.45, 7) is 7.00. The molecule has 2 heterocycles. The van der Waals surface area contributed by atoms with E-state index in [2.05, 4.69) is 37.0 Å². The van der Waals surface area contributed by atoms with Crippen molar-refractivity contribution in [2.75, 3.05) is 50.1 Å². The molecule has 1 aliphatic rings. The third-order valence-electron chi connectivity index (χ3n) is 4.57. The molecule has 0 aliphatic carbocycles. The fraction of sp³-hybridized carbons (Fsp3) is 0.368. The Bertz CT molecular complexity index is 801. The van der Waals surface area contributed by atoms with Gasteiger partial charge in [-0.2, -0.15) is 0 Å². The highest BCUT2D eigenvalue weighted by atomic mass is 16.5. The summed E-state index contributed by atoms with van der Waals surface area (Å²) in [6, 6.07) is 10.0. The molecule has 8 nitrogen and oxygen atoms in total. The van der Waals surface area contributed by atoms with Crippen molar-refractivity contribution in [1.82, 2.24) is 15.1 Å². The topological polar surface area (TPSA) is 87.7 Å². The molecule has 0 bridgehead atoms. The van der Waals surface area contributed by atoms with Gasteiger partial charge in [0, 0.05) is 31.9 Å². The van der Waals surface area contributed by atoms with E-state index < -0.39 is 5.97 Å². The minimum Gasteiger partial charge on any atom is -0.465 e. The van der Waals surface area contributed by atoms with Gasteiger partial charge in [-0.3, -0.25) is 4.79 Å². The molecule has 0 radical (unpaired) electrons. The molecule has 1 aromatic heterocycles. The van der Waals surface area contributed by atoms with Crippen LogP contribution < -0.4 is 10.2 Å². The Morgan fingerprint density at radius 1 is 1.11 bits per heavy atom. The SMILES string of the molecule is CCN1CCN(c2ccc(C(=O)Nc3cccc(C(=O)OC)c3)nn2)CC1. The molecule has 1 aliphatic heterocycles. The number of nitrogens with zero attached hydrogens (tertiary/aromatic N) is 4. The number of nitrogens with one attached hydrogen (secondary N) is 1. The Balaban J connectivity index is 1.63. The summed E-state index contributed by atoms with van der Waals surface area (Å²) >= 11 is 0. The molecule has 0 spiro atoms. The number of ether oxygens (including phenoxy) is 1. The van der Waals surface area contributed by atoms with Gasteiger partial charge in [-0.25, -0.2) is 4.79 Å². The number of esters is 1. The van der Waals surface area contributed by atoms with E-state index in [1.165, 1.54) is 7.11 Å². The van der Waals surface area contributed by atoms with Gasteiger partial charge in [0.05, 0.1) is 12.7 Å². The molecule has 3 rings (SSSR count). The van der Waals surface area contributed by atoms with Crippen LogP contribution in [0.4, 0.5) is 11.5 Å². The van der Waals surface area contributed by atoms with Crippen molar-refractivity contribution < 1.29 is 14.3 Å². The summed E-state index contributed by atoms with van der Waals surface area (Å²) in [6.07, 6.45) is 0. The summed E-state index contributed by atoms with van der Waals surface area (Å²) in [5.74, 6) is -0.0692. The lowest BCUT2D eigenvalue weighted by molar-refractivity contribution is 0.0600. The van der Waals surface area contributed by atoms with Gasteiger partial charge in [-0.05, 0) is 36.9 Å². The number of methoxy groups -OCH3 is 1. The molecule has 142 valence electrons. The minimum absolute atomic E-state index is 0.217. The van der Waals surface area contributed by atoms with Gasteiger partial charge < -0.3 is 19.9 Å². The molecule has 2 aromatic rings. The first kappa shape index (κ1) is 18.8. The summed E-state index contributed by atoms with van der Waals surface area (Å²) in [5, 5.41) is 11.0. The van der Waals surface area contributed by atoms with E-state index >= 15 is 0 Å². The van der Waals surface area contributed by atoms with Gasteiger partial charge in [0.15, 0.2) is 11.5 Å². The van der Waals surface area contributed by atoms with E-state index in [-0.39, 0.29) is 11.6 Å². The summed E-state index contributed by atoms with van der Waals surface area (Å²) in [5.41, 5.74) is 1.07.